The summed E-state index contributed by atoms with van der Waals surface area (Å²) >= 11 is 0. The largest absolute Gasteiger partial charge is 0.338 e. The molecular formula is C25H30N4O4S. The molecule has 3 aromatic rings. The molecule has 0 bridgehead atoms. The van der Waals surface area contributed by atoms with Gasteiger partial charge in [-0.3, -0.25) is 0 Å². The molecule has 9 heteroatoms. The maximum Gasteiger partial charge on any atom is 0.319 e. The standard InChI is InChI=1S/C25H30N4O4S/c1-3-4-15-26-25(30)28-22-14-9-8-13-21(22)24(34(31)32)33-17-10-16-29-18-27-23(19(29)2)20-11-6-5-7-12-20/h5-9,11-14,18H,3-4,10,15-17H2,1-2H3,(H2,26,28,30). The van der Waals surface area contributed by atoms with Gasteiger partial charge in [-0.05, 0) is 31.9 Å². The Kier molecular flexibility index (Phi) is 9.42. The Morgan fingerprint density at radius 2 is 1.79 bits per heavy atom. The van der Waals surface area contributed by atoms with Crippen LogP contribution in [0.4, 0.5) is 10.5 Å². The Morgan fingerprint density at radius 1 is 1.06 bits per heavy atom. The van der Waals surface area contributed by atoms with Crippen molar-refractivity contribution in [2.45, 2.75) is 39.7 Å². The van der Waals surface area contributed by atoms with Crippen molar-refractivity contribution in [3.05, 3.63) is 72.2 Å². The van der Waals surface area contributed by atoms with Gasteiger partial charge in [0.25, 0.3) is 0 Å². The van der Waals surface area contributed by atoms with Gasteiger partial charge in [0.15, 0.2) is 0 Å². The number of amides is 2. The highest BCUT2D eigenvalue weighted by Crippen LogP contribution is 2.21. The molecule has 0 aliphatic carbocycles. The van der Waals surface area contributed by atoms with E-state index in [1.165, 1.54) is 0 Å². The van der Waals surface area contributed by atoms with Gasteiger partial charge in [0.1, 0.15) is 0 Å². The number of aryl methyl sites for hydroxylation is 1. The average molecular weight is 483 g/mol. The summed E-state index contributed by atoms with van der Waals surface area (Å²) in [4.78, 5) is 16.7. The van der Waals surface area contributed by atoms with Gasteiger partial charge >= 0.3 is 6.03 Å². The Bertz CT molecular complexity index is 1230. The van der Waals surface area contributed by atoms with Crippen molar-refractivity contribution in [1.29, 1.82) is 0 Å². The molecule has 0 atom stereocenters. The maximum absolute atomic E-state index is 12.2. The fourth-order valence-electron chi connectivity index (χ4n) is 3.48. The molecule has 0 spiro atoms. The number of nitrogens with zero attached hydrogens (tertiary/aromatic N) is 2. The van der Waals surface area contributed by atoms with E-state index in [1.54, 1.807) is 30.6 Å². The number of para-hydroxylation sites is 1. The highest BCUT2D eigenvalue weighted by atomic mass is 32.2. The van der Waals surface area contributed by atoms with E-state index in [2.05, 4.69) is 15.6 Å². The number of nitrogens with one attached hydrogen (secondary N) is 2. The summed E-state index contributed by atoms with van der Waals surface area (Å²) in [5, 5.41) is 5.27. The number of aromatic nitrogens is 2. The van der Waals surface area contributed by atoms with Gasteiger partial charge in [0.05, 0.1) is 24.3 Å². The van der Waals surface area contributed by atoms with Crippen molar-refractivity contribution in [2.75, 3.05) is 18.5 Å². The molecule has 0 aliphatic heterocycles. The van der Waals surface area contributed by atoms with E-state index in [0.29, 0.717) is 30.8 Å². The highest BCUT2D eigenvalue weighted by molar-refractivity contribution is 7.73. The van der Waals surface area contributed by atoms with Crippen molar-refractivity contribution < 1.29 is 17.9 Å². The minimum absolute atomic E-state index is 0.193. The topological polar surface area (TPSA) is 102 Å². The molecule has 1 aromatic heterocycles. The third-order valence-electron chi connectivity index (χ3n) is 5.29. The van der Waals surface area contributed by atoms with Crippen LogP contribution in [0.2, 0.25) is 0 Å². The fourth-order valence-corrected chi connectivity index (χ4v) is 4.02. The molecule has 0 radical (unpaired) electrons. The normalized spacial score (nSPS) is 10.6. The minimum atomic E-state index is -2.61. The molecule has 0 fully saturated rings. The van der Waals surface area contributed by atoms with E-state index in [-0.39, 0.29) is 17.7 Å². The lowest BCUT2D eigenvalue weighted by atomic mass is 10.1. The number of anilines is 1. The molecule has 3 rings (SSSR count). The van der Waals surface area contributed by atoms with Gasteiger partial charge in [0, 0.05) is 29.9 Å². The zero-order valence-electron chi connectivity index (χ0n) is 19.5. The Hall–Kier alpha value is -3.43. The summed E-state index contributed by atoms with van der Waals surface area (Å²) in [5.74, 6) is 0. The van der Waals surface area contributed by atoms with Gasteiger partial charge in [-0.2, -0.15) is 8.42 Å². The molecule has 0 aliphatic rings. The molecule has 2 amide bonds. The Labute approximate surface area is 201 Å². The molecule has 34 heavy (non-hydrogen) atoms. The Balaban J connectivity index is 1.62. The van der Waals surface area contributed by atoms with Gasteiger partial charge < -0.3 is 19.9 Å². The van der Waals surface area contributed by atoms with E-state index in [1.807, 2.05) is 48.7 Å². The molecule has 0 saturated carbocycles. The van der Waals surface area contributed by atoms with Crippen LogP contribution in [0, 0.1) is 6.92 Å². The van der Waals surface area contributed by atoms with Crippen molar-refractivity contribution in [3.63, 3.8) is 0 Å². The molecule has 2 N–H and O–H groups in total. The molecule has 0 saturated heterocycles. The predicted octanol–water partition coefficient (Wildman–Crippen LogP) is 4.24. The third kappa shape index (κ3) is 6.79. The second-order valence-corrected chi connectivity index (χ2v) is 8.58. The fraction of sp³-hybridized carbons (Fsp3) is 0.320. The maximum atomic E-state index is 12.2. The molecule has 1 heterocycles. The van der Waals surface area contributed by atoms with Crippen LogP contribution >= 0.6 is 0 Å². The van der Waals surface area contributed by atoms with E-state index < -0.39 is 10.3 Å². The highest BCUT2D eigenvalue weighted by Gasteiger charge is 2.14. The smallest absolute Gasteiger partial charge is 0.319 e. The number of unbranched alkanes of at least 4 members (excludes halogenated alkanes) is 1. The Morgan fingerprint density at radius 3 is 2.53 bits per heavy atom. The van der Waals surface area contributed by atoms with Crippen LogP contribution in [0.1, 0.15) is 37.4 Å². The number of hydrogen-bond acceptors (Lipinski definition) is 5. The molecular weight excluding hydrogens is 452 g/mol. The number of urea groups is 1. The first-order chi connectivity index (χ1) is 16.5. The number of carbonyl (C=O) groups excluding carboxylic acids is 1. The van der Waals surface area contributed by atoms with Gasteiger partial charge in [0.2, 0.25) is 15.3 Å². The van der Waals surface area contributed by atoms with Crippen molar-refractivity contribution in [3.8, 4) is 11.3 Å². The number of rotatable bonds is 10. The monoisotopic (exact) mass is 482 g/mol. The second-order valence-electron chi connectivity index (χ2n) is 7.74. The first kappa shape index (κ1) is 25.2. The summed E-state index contributed by atoms with van der Waals surface area (Å²) in [6, 6.07) is 16.2. The van der Waals surface area contributed by atoms with E-state index >= 15 is 0 Å². The minimum Gasteiger partial charge on any atom is -0.338 e. The van der Waals surface area contributed by atoms with E-state index in [9.17, 15) is 13.2 Å². The lowest BCUT2D eigenvalue weighted by Crippen LogP contribution is -2.30. The van der Waals surface area contributed by atoms with Gasteiger partial charge in [-0.1, -0.05) is 55.8 Å². The van der Waals surface area contributed by atoms with Crippen LogP contribution < -0.4 is 10.6 Å². The van der Waals surface area contributed by atoms with Crippen LogP contribution in [0.15, 0.2) is 60.9 Å². The first-order valence-corrected chi connectivity index (χ1v) is 12.4. The molecule has 0 unspecified atom stereocenters. The summed E-state index contributed by atoms with van der Waals surface area (Å²) in [6.45, 7) is 5.41. The summed E-state index contributed by atoms with van der Waals surface area (Å²) in [5.41, 5.74) is 3.69. The quantitative estimate of drug-likeness (QED) is 0.332. The molecule has 180 valence electrons. The SMILES string of the molecule is CCCCNC(=O)Nc1ccccc1C(OCCCn1cnc(-c2ccccc2)c1C)=S(=O)=O. The predicted molar refractivity (Wildman–Crippen MR) is 134 cm³/mol. The summed E-state index contributed by atoms with van der Waals surface area (Å²) < 4.78 is 31.5. The second kappa shape index (κ2) is 12.7. The lowest BCUT2D eigenvalue weighted by Gasteiger charge is -2.13. The summed E-state index contributed by atoms with van der Waals surface area (Å²) in [7, 11) is -2.61. The van der Waals surface area contributed by atoms with Crippen LogP contribution in [0.25, 0.3) is 11.3 Å². The van der Waals surface area contributed by atoms with Crippen molar-refractivity contribution in [1.82, 2.24) is 14.9 Å². The number of hydrogen-bond donors (Lipinski definition) is 2. The van der Waals surface area contributed by atoms with Gasteiger partial charge in [-0.15, -0.1) is 0 Å². The van der Waals surface area contributed by atoms with E-state index in [4.69, 9.17) is 4.74 Å². The summed E-state index contributed by atoms with van der Waals surface area (Å²) in [6.07, 6.45) is 4.19. The van der Waals surface area contributed by atoms with Crippen LogP contribution in [0.3, 0.4) is 0 Å². The average Bonchev–Trinajstić information content (AvgIpc) is 3.20. The van der Waals surface area contributed by atoms with Crippen molar-refractivity contribution in [2.24, 2.45) is 0 Å². The van der Waals surface area contributed by atoms with Crippen molar-refractivity contribution >= 4 is 27.1 Å². The number of ether oxygens (including phenoxy) is 1. The number of benzene rings is 2. The molecule has 2 aromatic carbocycles. The lowest BCUT2D eigenvalue weighted by molar-refractivity contribution is 0.252. The zero-order valence-corrected chi connectivity index (χ0v) is 20.3. The van der Waals surface area contributed by atoms with Crippen LogP contribution in [-0.2, 0) is 21.6 Å². The number of imidazole rings is 1. The third-order valence-corrected chi connectivity index (χ3v) is 5.93. The van der Waals surface area contributed by atoms with E-state index in [0.717, 1.165) is 29.8 Å². The number of carbonyl (C=O) groups is 1. The molecule has 8 nitrogen and oxygen atoms in total. The first-order valence-electron chi connectivity index (χ1n) is 11.3. The van der Waals surface area contributed by atoms with Crippen LogP contribution in [-0.4, -0.2) is 42.2 Å². The zero-order chi connectivity index (χ0) is 24.3. The van der Waals surface area contributed by atoms with Crippen LogP contribution in [0.5, 0.6) is 0 Å². The van der Waals surface area contributed by atoms with Gasteiger partial charge in [-0.25, -0.2) is 9.78 Å².